The van der Waals surface area contributed by atoms with Crippen LogP contribution in [-0.4, -0.2) is 42.6 Å². The maximum Gasteiger partial charge on any atom is 0.147 e. The maximum atomic E-state index is 6.37. The van der Waals surface area contributed by atoms with Crippen molar-refractivity contribution >= 4 is 29.0 Å². The van der Waals surface area contributed by atoms with Crippen LogP contribution in [0.4, 0.5) is 5.82 Å². The Balaban J connectivity index is 1.76. The number of likely N-dealkylation sites (tertiary alicyclic amines) is 1. The van der Waals surface area contributed by atoms with Gasteiger partial charge in [0.2, 0.25) is 0 Å². The summed E-state index contributed by atoms with van der Waals surface area (Å²) in [5.74, 6) is 2.13. The first kappa shape index (κ1) is 14.4. The van der Waals surface area contributed by atoms with E-state index in [0.717, 1.165) is 41.5 Å². The summed E-state index contributed by atoms with van der Waals surface area (Å²) in [5, 5.41) is 0.728. The van der Waals surface area contributed by atoms with E-state index in [1.807, 2.05) is 12.3 Å². The van der Waals surface area contributed by atoms with Crippen molar-refractivity contribution < 1.29 is 0 Å². The van der Waals surface area contributed by atoms with Crippen LogP contribution in [0.25, 0.3) is 0 Å². The molecule has 2 fully saturated rings. The highest BCUT2D eigenvalue weighted by Crippen LogP contribution is 2.33. The molecule has 3 nitrogen and oxygen atoms in total. The van der Waals surface area contributed by atoms with Crippen LogP contribution in [0.3, 0.4) is 0 Å². The van der Waals surface area contributed by atoms with Gasteiger partial charge >= 0.3 is 0 Å². The molecular formula is C15H21Cl2N3. The van der Waals surface area contributed by atoms with Crippen LogP contribution in [-0.2, 0) is 5.88 Å². The van der Waals surface area contributed by atoms with Crippen molar-refractivity contribution in [3.8, 4) is 0 Å². The first-order valence-electron chi connectivity index (χ1n) is 7.34. The van der Waals surface area contributed by atoms with Crippen LogP contribution >= 0.6 is 23.2 Å². The smallest absolute Gasteiger partial charge is 0.147 e. The highest BCUT2D eigenvalue weighted by Gasteiger charge is 2.35. The van der Waals surface area contributed by atoms with Gasteiger partial charge in [-0.15, -0.1) is 11.6 Å². The summed E-state index contributed by atoms with van der Waals surface area (Å²) in [6, 6.07) is 2.68. The SMILES string of the molecule is CN1CCCC2CN(c3ncc(CCl)cc3Cl)CCC21. The molecule has 0 saturated carbocycles. The third kappa shape index (κ3) is 2.76. The minimum absolute atomic E-state index is 0.461. The van der Waals surface area contributed by atoms with Crippen LogP contribution in [0.15, 0.2) is 12.3 Å². The molecule has 2 saturated heterocycles. The van der Waals surface area contributed by atoms with Gasteiger partial charge in [0.05, 0.1) is 5.02 Å². The molecule has 2 aliphatic rings. The van der Waals surface area contributed by atoms with Crippen molar-refractivity contribution in [2.45, 2.75) is 31.2 Å². The summed E-state index contributed by atoms with van der Waals surface area (Å²) in [5.41, 5.74) is 0.979. The molecule has 2 aliphatic heterocycles. The molecule has 0 aromatic carbocycles. The number of piperidine rings is 2. The van der Waals surface area contributed by atoms with E-state index in [1.54, 1.807) is 0 Å². The Morgan fingerprint density at radius 2 is 2.20 bits per heavy atom. The average molecular weight is 314 g/mol. The first-order chi connectivity index (χ1) is 9.69. The van der Waals surface area contributed by atoms with Gasteiger partial charge in [0.1, 0.15) is 5.82 Å². The van der Waals surface area contributed by atoms with Gasteiger partial charge in [-0.2, -0.15) is 0 Å². The summed E-state index contributed by atoms with van der Waals surface area (Å²) >= 11 is 12.2. The fraction of sp³-hybridized carbons (Fsp3) is 0.667. The Kier molecular flexibility index (Phi) is 4.39. The third-order valence-electron chi connectivity index (χ3n) is 4.68. The highest BCUT2D eigenvalue weighted by atomic mass is 35.5. The molecule has 5 heteroatoms. The molecule has 0 aliphatic carbocycles. The summed E-state index contributed by atoms with van der Waals surface area (Å²) in [6.07, 6.45) is 5.67. The van der Waals surface area contributed by atoms with Crippen molar-refractivity contribution in [2.75, 3.05) is 31.6 Å². The molecule has 0 spiro atoms. The molecule has 20 heavy (non-hydrogen) atoms. The number of pyridine rings is 1. The number of hydrogen-bond donors (Lipinski definition) is 0. The lowest BCUT2D eigenvalue weighted by Crippen LogP contribution is -2.53. The molecule has 0 radical (unpaired) electrons. The predicted octanol–water partition coefficient (Wildman–Crippen LogP) is 3.39. The second-order valence-corrected chi connectivity index (χ2v) is 6.64. The monoisotopic (exact) mass is 313 g/mol. The molecule has 3 heterocycles. The molecule has 1 aromatic heterocycles. The van der Waals surface area contributed by atoms with Crippen LogP contribution in [0.2, 0.25) is 5.02 Å². The Morgan fingerprint density at radius 3 is 2.95 bits per heavy atom. The summed E-state index contributed by atoms with van der Waals surface area (Å²) < 4.78 is 0. The van der Waals surface area contributed by atoms with Gasteiger partial charge in [0.15, 0.2) is 0 Å². The summed E-state index contributed by atoms with van der Waals surface area (Å²) in [6.45, 7) is 3.35. The number of rotatable bonds is 2. The fourth-order valence-electron chi connectivity index (χ4n) is 3.62. The van der Waals surface area contributed by atoms with Gasteiger partial charge in [-0.3, -0.25) is 0 Å². The van der Waals surface area contributed by atoms with Crippen LogP contribution in [0.5, 0.6) is 0 Å². The molecule has 3 rings (SSSR count). The molecule has 0 amide bonds. The zero-order chi connectivity index (χ0) is 14.1. The van der Waals surface area contributed by atoms with Crippen molar-refractivity contribution in [1.82, 2.24) is 9.88 Å². The number of fused-ring (bicyclic) bond motifs is 1. The second kappa shape index (κ2) is 6.08. The van der Waals surface area contributed by atoms with E-state index in [1.165, 1.54) is 25.8 Å². The largest absolute Gasteiger partial charge is 0.355 e. The van der Waals surface area contributed by atoms with E-state index in [0.29, 0.717) is 5.88 Å². The van der Waals surface area contributed by atoms with Crippen LogP contribution < -0.4 is 4.90 Å². The first-order valence-corrected chi connectivity index (χ1v) is 8.26. The van der Waals surface area contributed by atoms with Crippen molar-refractivity contribution in [3.05, 3.63) is 22.8 Å². The van der Waals surface area contributed by atoms with Gasteiger partial charge in [-0.25, -0.2) is 4.98 Å². The van der Waals surface area contributed by atoms with Gasteiger partial charge in [-0.1, -0.05) is 11.6 Å². The molecule has 0 N–H and O–H groups in total. The van der Waals surface area contributed by atoms with E-state index in [2.05, 4.69) is 21.8 Å². The van der Waals surface area contributed by atoms with E-state index in [-0.39, 0.29) is 0 Å². The second-order valence-electron chi connectivity index (χ2n) is 5.97. The Labute approximate surface area is 130 Å². The van der Waals surface area contributed by atoms with E-state index in [4.69, 9.17) is 23.2 Å². The van der Waals surface area contributed by atoms with Crippen molar-refractivity contribution in [2.24, 2.45) is 5.92 Å². The number of alkyl halides is 1. The Bertz CT molecular complexity index is 480. The number of halogens is 2. The van der Waals surface area contributed by atoms with Crippen molar-refractivity contribution in [1.29, 1.82) is 0 Å². The number of aromatic nitrogens is 1. The van der Waals surface area contributed by atoms with Crippen LogP contribution in [0, 0.1) is 5.92 Å². The minimum atomic E-state index is 0.461. The standard InChI is InChI=1S/C15H21Cl2N3/c1-19-5-2-3-12-10-20(6-4-14(12)19)15-13(17)7-11(8-16)9-18-15/h7,9,12,14H,2-6,8,10H2,1H3. The molecule has 1 aromatic rings. The number of anilines is 1. The molecule has 2 atom stereocenters. The molecular weight excluding hydrogens is 293 g/mol. The van der Waals surface area contributed by atoms with E-state index < -0.39 is 0 Å². The van der Waals surface area contributed by atoms with Gasteiger partial charge in [0.25, 0.3) is 0 Å². The zero-order valence-corrected chi connectivity index (χ0v) is 13.4. The normalized spacial score (nSPS) is 27.4. The van der Waals surface area contributed by atoms with Crippen LogP contribution in [0.1, 0.15) is 24.8 Å². The fourth-order valence-corrected chi connectivity index (χ4v) is 4.08. The van der Waals surface area contributed by atoms with Gasteiger partial charge in [-0.05, 0) is 50.4 Å². The number of nitrogens with zero attached hydrogens (tertiary/aromatic N) is 3. The van der Waals surface area contributed by atoms with Gasteiger partial charge < -0.3 is 9.80 Å². The zero-order valence-electron chi connectivity index (χ0n) is 11.9. The van der Waals surface area contributed by atoms with Crippen molar-refractivity contribution in [3.63, 3.8) is 0 Å². The summed E-state index contributed by atoms with van der Waals surface area (Å²) in [4.78, 5) is 9.40. The molecule has 2 unspecified atom stereocenters. The highest BCUT2D eigenvalue weighted by molar-refractivity contribution is 6.33. The Hall–Kier alpha value is -0.510. The quantitative estimate of drug-likeness (QED) is 0.780. The lowest BCUT2D eigenvalue weighted by atomic mass is 9.84. The minimum Gasteiger partial charge on any atom is -0.355 e. The number of hydrogen-bond acceptors (Lipinski definition) is 3. The predicted molar refractivity (Wildman–Crippen MR) is 84.8 cm³/mol. The van der Waals surface area contributed by atoms with E-state index >= 15 is 0 Å². The lowest BCUT2D eigenvalue weighted by molar-refractivity contribution is 0.102. The van der Waals surface area contributed by atoms with E-state index in [9.17, 15) is 0 Å². The molecule has 0 bridgehead atoms. The Morgan fingerprint density at radius 1 is 1.35 bits per heavy atom. The average Bonchev–Trinajstić information content (AvgIpc) is 2.47. The summed E-state index contributed by atoms with van der Waals surface area (Å²) in [7, 11) is 2.26. The van der Waals surface area contributed by atoms with Gasteiger partial charge in [0, 0.05) is 31.2 Å². The topological polar surface area (TPSA) is 19.4 Å². The lowest BCUT2D eigenvalue weighted by Gasteiger charge is -2.46. The molecule has 110 valence electrons. The third-order valence-corrected chi connectivity index (χ3v) is 5.26. The maximum absolute atomic E-state index is 6.37.